The zero-order chi connectivity index (χ0) is 12.1. The number of nitrogens with two attached hydrogens (primary N) is 1. The summed E-state index contributed by atoms with van der Waals surface area (Å²) >= 11 is 0. The van der Waals surface area contributed by atoms with E-state index in [2.05, 4.69) is 5.32 Å². The van der Waals surface area contributed by atoms with Crippen LogP contribution >= 0.6 is 0 Å². The van der Waals surface area contributed by atoms with Crippen LogP contribution < -0.4 is 11.1 Å². The third kappa shape index (κ3) is 3.07. The summed E-state index contributed by atoms with van der Waals surface area (Å²) in [6, 6.07) is 9.62. The van der Waals surface area contributed by atoms with E-state index in [0.717, 1.165) is 18.4 Å². The van der Waals surface area contributed by atoms with E-state index in [1.54, 1.807) is 0 Å². The zero-order valence-corrected chi connectivity index (χ0v) is 10.1. The van der Waals surface area contributed by atoms with Crippen LogP contribution in [0, 0.1) is 5.92 Å². The molecule has 0 heterocycles. The van der Waals surface area contributed by atoms with E-state index < -0.39 is 0 Å². The fourth-order valence-corrected chi connectivity index (χ4v) is 2.52. The summed E-state index contributed by atoms with van der Waals surface area (Å²) in [4.78, 5) is 12.0. The maximum absolute atomic E-state index is 12.0. The molecule has 1 aromatic rings. The molecule has 0 radical (unpaired) electrons. The van der Waals surface area contributed by atoms with Gasteiger partial charge in [-0.1, -0.05) is 31.0 Å². The first-order valence-electron chi connectivity index (χ1n) is 6.37. The van der Waals surface area contributed by atoms with E-state index in [1.807, 2.05) is 30.3 Å². The lowest BCUT2D eigenvalue weighted by atomic mass is 9.84. The maximum Gasteiger partial charge on any atom is 0.251 e. The van der Waals surface area contributed by atoms with Crippen LogP contribution in [-0.2, 0) is 0 Å². The number of benzene rings is 1. The highest BCUT2D eigenvalue weighted by Gasteiger charge is 2.25. The summed E-state index contributed by atoms with van der Waals surface area (Å²) < 4.78 is 0. The summed E-state index contributed by atoms with van der Waals surface area (Å²) in [5, 5.41) is 3.12. The largest absolute Gasteiger partial charge is 0.349 e. The standard InChI is InChI=1S/C14H20N2O/c15-10-12-8-4-5-9-13(12)16-14(17)11-6-2-1-3-7-11/h1-3,6-7,12-13H,4-5,8-10,15H2,(H,16,17). The minimum absolute atomic E-state index is 0.0240. The second kappa shape index (κ2) is 5.82. The average molecular weight is 232 g/mol. The van der Waals surface area contributed by atoms with E-state index in [0.29, 0.717) is 12.5 Å². The first-order valence-corrected chi connectivity index (χ1v) is 6.37. The van der Waals surface area contributed by atoms with Gasteiger partial charge in [-0.15, -0.1) is 0 Å². The third-order valence-electron chi connectivity index (χ3n) is 3.56. The van der Waals surface area contributed by atoms with Crippen LogP contribution in [0.2, 0.25) is 0 Å². The smallest absolute Gasteiger partial charge is 0.251 e. The molecule has 0 aromatic heterocycles. The van der Waals surface area contributed by atoms with Gasteiger partial charge in [0.1, 0.15) is 0 Å². The number of hydrogen-bond acceptors (Lipinski definition) is 2. The molecule has 2 unspecified atom stereocenters. The van der Waals surface area contributed by atoms with E-state index in [-0.39, 0.29) is 11.9 Å². The Labute approximate surface area is 102 Å². The highest BCUT2D eigenvalue weighted by molar-refractivity contribution is 5.94. The molecule has 3 nitrogen and oxygen atoms in total. The molecule has 1 aliphatic carbocycles. The molecule has 17 heavy (non-hydrogen) atoms. The molecule has 0 saturated heterocycles. The monoisotopic (exact) mass is 232 g/mol. The summed E-state index contributed by atoms with van der Waals surface area (Å²) in [6.45, 7) is 0.666. The normalized spacial score (nSPS) is 24.3. The van der Waals surface area contributed by atoms with Crippen molar-refractivity contribution in [2.75, 3.05) is 6.54 Å². The van der Waals surface area contributed by atoms with Crippen LogP contribution in [0.5, 0.6) is 0 Å². The Hall–Kier alpha value is -1.35. The summed E-state index contributed by atoms with van der Waals surface area (Å²) in [5.41, 5.74) is 6.49. The Kier molecular flexibility index (Phi) is 4.15. The van der Waals surface area contributed by atoms with Gasteiger partial charge in [-0.3, -0.25) is 4.79 Å². The molecule has 1 amide bonds. The van der Waals surface area contributed by atoms with Crippen LogP contribution in [0.25, 0.3) is 0 Å². The predicted molar refractivity (Wildman–Crippen MR) is 68.7 cm³/mol. The molecule has 0 bridgehead atoms. The number of amides is 1. The summed E-state index contributed by atoms with van der Waals surface area (Å²) in [7, 11) is 0. The van der Waals surface area contributed by atoms with Gasteiger partial charge in [0.25, 0.3) is 5.91 Å². The van der Waals surface area contributed by atoms with Crippen LogP contribution in [0.1, 0.15) is 36.0 Å². The SMILES string of the molecule is NCC1CCCCC1NC(=O)c1ccccc1. The van der Waals surface area contributed by atoms with Crippen molar-refractivity contribution in [2.24, 2.45) is 11.7 Å². The molecule has 1 aliphatic rings. The first kappa shape index (κ1) is 12.1. The summed E-state index contributed by atoms with van der Waals surface area (Å²) in [5.74, 6) is 0.465. The van der Waals surface area contributed by atoms with Gasteiger partial charge in [0.2, 0.25) is 0 Å². The molecule has 1 fully saturated rings. The molecule has 92 valence electrons. The Bertz CT molecular complexity index is 364. The topological polar surface area (TPSA) is 55.1 Å². The average Bonchev–Trinajstić information content (AvgIpc) is 2.40. The maximum atomic E-state index is 12.0. The lowest BCUT2D eigenvalue weighted by Gasteiger charge is -2.31. The van der Waals surface area contributed by atoms with E-state index >= 15 is 0 Å². The van der Waals surface area contributed by atoms with Crippen molar-refractivity contribution in [3.8, 4) is 0 Å². The van der Waals surface area contributed by atoms with Crippen molar-refractivity contribution >= 4 is 5.91 Å². The van der Waals surface area contributed by atoms with Crippen molar-refractivity contribution in [1.29, 1.82) is 0 Å². The number of nitrogens with one attached hydrogen (secondary N) is 1. The van der Waals surface area contributed by atoms with Gasteiger partial charge in [0.15, 0.2) is 0 Å². The van der Waals surface area contributed by atoms with Gasteiger partial charge < -0.3 is 11.1 Å². The van der Waals surface area contributed by atoms with Crippen molar-refractivity contribution in [3.05, 3.63) is 35.9 Å². The number of carbonyl (C=O) groups is 1. The van der Waals surface area contributed by atoms with Gasteiger partial charge in [-0.05, 0) is 37.4 Å². The Balaban J connectivity index is 1.98. The number of carbonyl (C=O) groups excluding carboxylic acids is 1. The fraction of sp³-hybridized carbons (Fsp3) is 0.500. The van der Waals surface area contributed by atoms with Crippen molar-refractivity contribution in [3.63, 3.8) is 0 Å². The molecule has 2 rings (SSSR count). The lowest BCUT2D eigenvalue weighted by molar-refractivity contribution is 0.0908. The van der Waals surface area contributed by atoms with Crippen LogP contribution in [0.15, 0.2) is 30.3 Å². The molecular weight excluding hydrogens is 212 g/mol. The molecule has 3 N–H and O–H groups in total. The van der Waals surface area contributed by atoms with Crippen molar-refractivity contribution < 1.29 is 4.79 Å². The van der Waals surface area contributed by atoms with Gasteiger partial charge in [-0.25, -0.2) is 0 Å². The number of rotatable bonds is 3. The highest BCUT2D eigenvalue weighted by atomic mass is 16.1. The Morgan fingerprint density at radius 2 is 1.94 bits per heavy atom. The first-order chi connectivity index (χ1) is 8.31. The molecule has 3 heteroatoms. The van der Waals surface area contributed by atoms with Crippen LogP contribution in [0.4, 0.5) is 0 Å². The van der Waals surface area contributed by atoms with Crippen molar-refractivity contribution in [1.82, 2.24) is 5.32 Å². The minimum Gasteiger partial charge on any atom is -0.349 e. The second-order valence-electron chi connectivity index (χ2n) is 4.73. The summed E-state index contributed by atoms with van der Waals surface area (Å²) in [6.07, 6.45) is 4.62. The highest BCUT2D eigenvalue weighted by Crippen LogP contribution is 2.23. The van der Waals surface area contributed by atoms with E-state index in [9.17, 15) is 4.79 Å². The minimum atomic E-state index is 0.0240. The van der Waals surface area contributed by atoms with Crippen molar-refractivity contribution in [2.45, 2.75) is 31.7 Å². The van der Waals surface area contributed by atoms with Gasteiger partial charge >= 0.3 is 0 Å². The van der Waals surface area contributed by atoms with Crippen LogP contribution in [-0.4, -0.2) is 18.5 Å². The molecule has 0 spiro atoms. The predicted octanol–water partition coefficient (Wildman–Crippen LogP) is 1.93. The lowest BCUT2D eigenvalue weighted by Crippen LogP contribution is -2.44. The van der Waals surface area contributed by atoms with E-state index in [4.69, 9.17) is 5.73 Å². The molecule has 2 atom stereocenters. The van der Waals surface area contributed by atoms with Crippen LogP contribution in [0.3, 0.4) is 0 Å². The van der Waals surface area contributed by atoms with E-state index in [1.165, 1.54) is 12.8 Å². The fourth-order valence-electron chi connectivity index (χ4n) is 2.52. The quantitative estimate of drug-likeness (QED) is 0.836. The molecule has 1 saturated carbocycles. The van der Waals surface area contributed by atoms with Gasteiger partial charge in [0, 0.05) is 11.6 Å². The molecule has 1 aromatic carbocycles. The molecular formula is C14H20N2O. The number of hydrogen-bond donors (Lipinski definition) is 2. The third-order valence-corrected chi connectivity index (χ3v) is 3.56. The second-order valence-corrected chi connectivity index (χ2v) is 4.73. The Morgan fingerprint density at radius 3 is 2.65 bits per heavy atom. The van der Waals surface area contributed by atoms with Gasteiger partial charge in [-0.2, -0.15) is 0 Å². The Morgan fingerprint density at radius 1 is 1.24 bits per heavy atom. The zero-order valence-electron chi connectivity index (χ0n) is 10.1. The van der Waals surface area contributed by atoms with Gasteiger partial charge in [0.05, 0.1) is 0 Å². The molecule has 0 aliphatic heterocycles.